The van der Waals surface area contributed by atoms with Gasteiger partial charge in [0, 0.05) is 53.3 Å². The van der Waals surface area contributed by atoms with Gasteiger partial charge < -0.3 is 14.5 Å². The first kappa shape index (κ1) is 20.2. The molecular formula is C24H29NO3. The summed E-state index contributed by atoms with van der Waals surface area (Å²) < 4.78 is 11.1. The van der Waals surface area contributed by atoms with Crippen LogP contribution < -0.4 is 4.74 Å². The summed E-state index contributed by atoms with van der Waals surface area (Å²) in [7, 11) is 1.70. The molecule has 3 aromatic rings. The van der Waals surface area contributed by atoms with Crippen molar-refractivity contribution in [2.24, 2.45) is 5.41 Å². The predicted octanol–water partition coefficient (Wildman–Crippen LogP) is 5.87. The molecule has 4 nitrogen and oxygen atoms in total. The molecule has 0 aliphatic carbocycles. The molecule has 0 amide bonds. The Balaban J connectivity index is 1.86. The number of carbonyl (C=O) groups excluding carboxylic acids is 1. The van der Waals surface area contributed by atoms with Crippen molar-refractivity contribution >= 4 is 16.7 Å². The number of aromatic nitrogens is 1. The quantitative estimate of drug-likeness (QED) is 0.523. The van der Waals surface area contributed by atoms with Gasteiger partial charge >= 0.3 is 0 Å². The van der Waals surface area contributed by atoms with Crippen LogP contribution in [-0.2, 0) is 4.74 Å². The Hall–Kier alpha value is -2.59. The number of rotatable bonds is 7. The third-order valence-electron chi connectivity index (χ3n) is 4.77. The van der Waals surface area contributed by atoms with E-state index in [0.717, 1.165) is 39.9 Å². The van der Waals surface area contributed by atoms with Crippen LogP contribution in [0.25, 0.3) is 22.2 Å². The maximum atomic E-state index is 12.6. The SMILES string of the molecule is COCCC(C)Oc1cccc(-c2cc3cc(C(=O)C(C)(C)C)ccc3[nH]2)c1. The summed E-state index contributed by atoms with van der Waals surface area (Å²) in [6.45, 7) is 8.56. The molecule has 28 heavy (non-hydrogen) atoms. The Kier molecular flexibility index (Phi) is 5.90. The van der Waals surface area contributed by atoms with Crippen LogP contribution in [0.5, 0.6) is 5.75 Å². The Morgan fingerprint density at radius 2 is 1.89 bits per heavy atom. The average molecular weight is 380 g/mol. The van der Waals surface area contributed by atoms with Gasteiger partial charge in [-0.15, -0.1) is 0 Å². The Morgan fingerprint density at radius 1 is 1.11 bits per heavy atom. The van der Waals surface area contributed by atoms with Crippen LogP contribution in [-0.4, -0.2) is 30.6 Å². The molecule has 0 saturated carbocycles. The molecule has 1 unspecified atom stereocenters. The monoisotopic (exact) mass is 379 g/mol. The third-order valence-corrected chi connectivity index (χ3v) is 4.77. The van der Waals surface area contributed by atoms with Crippen LogP contribution in [0.3, 0.4) is 0 Å². The Morgan fingerprint density at radius 3 is 2.61 bits per heavy atom. The number of nitrogens with one attached hydrogen (secondary N) is 1. The van der Waals surface area contributed by atoms with E-state index in [-0.39, 0.29) is 11.9 Å². The zero-order chi connectivity index (χ0) is 20.3. The molecule has 0 spiro atoms. The Labute approximate surface area is 166 Å². The van der Waals surface area contributed by atoms with Crippen molar-refractivity contribution in [3.05, 3.63) is 54.1 Å². The van der Waals surface area contributed by atoms with Crippen LogP contribution in [0, 0.1) is 5.41 Å². The van der Waals surface area contributed by atoms with Crippen LogP contribution >= 0.6 is 0 Å². The smallest absolute Gasteiger partial charge is 0.168 e. The van der Waals surface area contributed by atoms with Gasteiger partial charge in [0.25, 0.3) is 0 Å². The van der Waals surface area contributed by atoms with E-state index in [0.29, 0.717) is 6.61 Å². The molecule has 0 aliphatic rings. The highest BCUT2D eigenvalue weighted by molar-refractivity contribution is 6.03. The highest BCUT2D eigenvalue weighted by atomic mass is 16.5. The van der Waals surface area contributed by atoms with Gasteiger partial charge in [0.05, 0.1) is 6.10 Å². The second kappa shape index (κ2) is 8.19. The molecule has 0 radical (unpaired) electrons. The maximum absolute atomic E-state index is 12.6. The zero-order valence-electron chi connectivity index (χ0n) is 17.3. The number of aromatic amines is 1. The van der Waals surface area contributed by atoms with E-state index in [4.69, 9.17) is 9.47 Å². The highest BCUT2D eigenvalue weighted by Crippen LogP contribution is 2.29. The minimum absolute atomic E-state index is 0.0869. The second-order valence-corrected chi connectivity index (χ2v) is 8.30. The first-order chi connectivity index (χ1) is 13.3. The number of Topliss-reactive ketones (excluding diaryl/α,β-unsaturated/α-hetero) is 1. The van der Waals surface area contributed by atoms with Gasteiger partial charge in [-0.1, -0.05) is 32.9 Å². The number of hydrogen-bond donors (Lipinski definition) is 1. The molecule has 1 heterocycles. The normalized spacial score (nSPS) is 12.9. The van der Waals surface area contributed by atoms with E-state index in [2.05, 4.69) is 17.1 Å². The number of hydrogen-bond acceptors (Lipinski definition) is 3. The minimum Gasteiger partial charge on any atom is -0.491 e. The van der Waals surface area contributed by atoms with Gasteiger partial charge in [-0.2, -0.15) is 0 Å². The fraction of sp³-hybridized carbons (Fsp3) is 0.375. The van der Waals surface area contributed by atoms with E-state index in [1.165, 1.54) is 0 Å². The molecule has 0 bridgehead atoms. The summed E-state index contributed by atoms with van der Waals surface area (Å²) in [6.07, 6.45) is 0.932. The number of fused-ring (bicyclic) bond motifs is 1. The molecule has 148 valence electrons. The first-order valence-electron chi connectivity index (χ1n) is 9.71. The van der Waals surface area contributed by atoms with Crippen molar-refractivity contribution in [3.63, 3.8) is 0 Å². The number of H-pyrrole nitrogens is 1. The number of ether oxygens (including phenoxy) is 2. The summed E-state index contributed by atoms with van der Waals surface area (Å²) >= 11 is 0. The van der Waals surface area contributed by atoms with Crippen molar-refractivity contribution in [3.8, 4) is 17.0 Å². The van der Waals surface area contributed by atoms with Gasteiger partial charge in [-0.3, -0.25) is 4.79 Å². The lowest BCUT2D eigenvalue weighted by Gasteiger charge is -2.16. The number of carbonyl (C=O) groups is 1. The van der Waals surface area contributed by atoms with Gasteiger partial charge in [0.15, 0.2) is 5.78 Å². The van der Waals surface area contributed by atoms with Crippen molar-refractivity contribution in [2.45, 2.75) is 40.2 Å². The topological polar surface area (TPSA) is 51.3 Å². The van der Waals surface area contributed by atoms with E-state index >= 15 is 0 Å². The van der Waals surface area contributed by atoms with Crippen molar-refractivity contribution in [2.75, 3.05) is 13.7 Å². The molecule has 1 aromatic heterocycles. The summed E-state index contributed by atoms with van der Waals surface area (Å²) in [4.78, 5) is 16.0. The van der Waals surface area contributed by atoms with Crippen molar-refractivity contribution in [1.82, 2.24) is 4.98 Å². The summed E-state index contributed by atoms with van der Waals surface area (Å²) in [5.74, 6) is 0.987. The summed E-state index contributed by atoms with van der Waals surface area (Å²) in [6, 6.07) is 16.0. The van der Waals surface area contributed by atoms with Gasteiger partial charge in [0.1, 0.15) is 5.75 Å². The largest absolute Gasteiger partial charge is 0.491 e. The van der Waals surface area contributed by atoms with Gasteiger partial charge in [-0.05, 0) is 43.3 Å². The highest BCUT2D eigenvalue weighted by Gasteiger charge is 2.23. The number of methoxy groups -OCH3 is 1. The summed E-state index contributed by atoms with van der Waals surface area (Å²) in [5.41, 5.74) is 3.43. The lowest BCUT2D eigenvalue weighted by molar-refractivity contribution is 0.0858. The van der Waals surface area contributed by atoms with E-state index in [9.17, 15) is 4.79 Å². The van der Waals surface area contributed by atoms with Crippen LogP contribution in [0.2, 0.25) is 0 Å². The molecule has 3 rings (SSSR count). The van der Waals surface area contributed by atoms with Gasteiger partial charge in [0.2, 0.25) is 0 Å². The molecule has 1 atom stereocenters. The molecule has 0 aliphatic heterocycles. The van der Waals surface area contributed by atoms with Crippen molar-refractivity contribution in [1.29, 1.82) is 0 Å². The van der Waals surface area contributed by atoms with Crippen LogP contribution in [0.1, 0.15) is 44.5 Å². The van der Waals surface area contributed by atoms with E-state index in [1.54, 1.807) is 7.11 Å². The predicted molar refractivity (Wildman–Crippen MR) is 114 cm³/mol. The van der Waals surface area contributed by atoms with Gasteiger partial charge in [-0.25, -0.2) is 0 Å². The third kappa shape index (κ3) is 4.63. The van der Waals surface area contributed by atoms with Crippen LogP contribution in [0.4, 0.5) is 0 Å². The fourth-order valence-electron chi connectivity index (χ4n) is 3.17. The molecular weight excluding hydrogens is 350 g/mol. The lowest BCUT2D eigenvalue weighted by Crippen LogP contribution is -2.19. The molecule has 1 N–H and O–H groups in total. The number of ketones is 1. The van der Waals surface area contributed by atoms with Crippen LogP contribution in [0.15, 0.2) is 48.5 Å². The first-order valence-corrected chi connectivity index (χ1v) is 9.71. The van der Waals surface area contributed by atoms with E-state index < -0.39 is 5.41 Å². The maximum Gasteiger partial charge on any atom is 0.168 e. The Bertz CT molecular complexity index is 965. The van der Waals surface area contributed by atoms with E-state index in [1.807, 2.05) is 64.1 Å². The lowest BCUT2D eigenvalue weighted by atomic mass is 9.86. The molecule has 0 fully saturated rings. The average Bonchev–Trinajstić information content (AvgIpc) is 3.08. The standard InChI is InChI=1S/C24H29NO3/c1-16(11-12-27-5)28-20-8-6-7-17(14-20)22-15-19-13-18(9-10-21(19)25-22)23(26)24(2,3)4/h6-10,13-16,25H,11-12H2,1-5H3. The molecule has 0 saturated heterocycles. The van der Waals surface area contributed by atoms with Crippen molar-refractivity contribution < 1.29 is 14.3 Å². The second-order valence-electron chi connectivity index (χ2n) is 8.30. The summed E-state index contributed by atoms with van der Waals surface area (Å²) in [5, 5.41) is 1.03. The molecule has 2 aromatic carbocycles. The molecule has 4 heteroatoms. The zero-order valence-corrected chi connectivity index (χ0v) is 17.3. The minimum atomic E-state index is -0.391. The number of benzene rings is 2. The fourth-order valence-corrected chi connectivity index (χ4v) is 3.17.